The molecular weight excluding hydrogens is 248 g/mol. The van der Waals surface area contributed by atoms with Crippen molar-refractivity contribution >= 4 is 11.4 Å². The summed E-state index contributed by atoms with van der Waals surface area (Å²) in [7, 11) is 0. The van der Waals surface area contributed by atoms with Crippen LogP contribution in [0, 0.1) is 0 Å². The van der Waals surface area contributed by atoms with E-state index >= 15 is 0 Å². The van der Waals surface area contributed by atoms with E-state index in [0.717, 1.165) is 11.3 Å². The van der Waals surface area contributed by atoms with Gasteiger partial charge in [0.1, 0.15) is 0 Å². The molecule has 0 aromatic heterocycles. The van der Waals surface area contributed by atoms with Crippen LogP contribution in [0.4, 0.5) is 11.4 Å². The molecule has 0 saturated heterocycles. The number of aliphatic hydroxyl groups excluding tert-OH is 1. The van der Waals surface area contributed by atoms with E-state index in [1.807, 2.05) is 30.3 Å². The van der Waals surface area contributed by atoms with Gasteiger partial charge in [0.2, 0.25) is 0 Å². The summed E-state index contributed by atoms with van der Waals surface area (Å²) in [5, 5.41) is 13.4. The minimum Gasteiger partial charge on any atom is -0.399 e. The van der Waals surface area contributed by atoms with E-state index in [-0.39, 0.29) is 0 Å². The van der Waals surface area contributed by atoms with Crippen molar-refractivity contribution in [1.29, 1.82) is 0 Å². The molecule has 2 rings (SSSR count). The van der Waals surface area contributed by atoms with Gasteiger partial charge in [0.05, 0.1) is 6.10 Å². The molecule has 106 valence electrons. The van der Waals surface area contributed by atoms with Gasteiger partial charge in [0, 0.05) is 17.9 Å². The van der Waals surface area contributed by atoms with Gasteiger partial charge in [-0.3, -0.25) is 0 Å². The van der Waals surface area contributed by atoms with Crippen LogP contribution in [0.5, 0.6) is 0 Å². The van der Waals surface area contributed by atoms with Crippen molar-refractivity contribution in [3.63, 3.8) is 0 Å². The second-order valence-electron chi connectivity index (χ2n) is 5.34. The number of nitrogens with one attached hydrogen (secondary N) is 1. The zero-order valence-corrected chi connectivity index (χ0v) is 12.0. The van der Waals surface area contributed by atoms with Gasteiger partial charge in [-0.25, -0.2) is 0 Å². The van der Waals surface area contributed by atoms with E-state index in [1.54, 1.807) is 6.07 Å². The Morgan fingerprint density at radius 1 is 1.05 bits per heavy atom. The Morgan fingerprint density at radius 3 is 2.35 bits per heavy atom. The zero-order chi connectivity index (χ0) is 14.5. The third kappa shape index (κ3) is 3.75. The van der Waals surface area contributed by atoms with Gasteiger partial charge in [-0.15, -0.1) is 0 Å². The van der Waals surface area contributed by atoms with Gasteiger partial charge in [-0.05, 0) is 41.3 Å². The summed E-state index contributed by atoms with van der Waals surface area (Å²) in [4.78, 5) is 0. The fourth-order valence-corrected chi connectivity index (χ4v) is 2.08. The molecular formula is C17H22N2O. The Bertz CT molecular complexity index is 549. The van der Waals surface area contributed by atoms with Crippen LogP contribution >= 0.6 is 0 Å². The van der Waals surface area contributed by atoms with Gasteiger partial charge in [-0.2, -0.15) is 0 Å². The number of nitrogens with two attached hydrogens (primary N) is 1. The average Bonchev–Trinajstić information content (AvgIpc) is 2.45. The minimum atomic E-state index is -0.566. The quantitative estimate of drug-likeness (QED) is 0.728. The molecule has 0 aliphatic heterocycles. The first kappa shape index (κ1) is 14.4. The predicted octanol–water partition coefficient (Wildman–Crippen LogP) is 3.54. The lowest BCUT2D eigenvalue weighted by Crippen LogP contribution is -2.12. The van der Waals surface area contributed by atoms with Crippen molar-refractivity contribution in [2.75, 3.05) is 17.6 Å². The molecule has 3 heteroatoms. The van der Waals surface area contributed by atoms with Crippen LogP contribution in [0.3, 0.4) is 0 Å². The summed E-state index contributed by atoms with van der Waals surface area (Å²) in [6, 6.07) is 15.7. The molecule has 1 unspecified atom stereocenters. The second kappa shape index (κ2) is 6.44. The average molecular weight is 270 g/mol. The maximum atomic E-state index is 10.1. The van der Waals surface area contributed by atoms with Crippen molar-refractivity contribution < 1.29 is 5.11 Å². The lowest BCUT2D eigenvalue weighted by molar-refractivity contribution is 0.191. The molecule has 0 amide bonds. The number of hydrogen-bond acceptors (Lipinski definition) is 3. The Labute approximate surface area is 120 Å². The number of anilines is 2. The topological polar surface area (TPSA) is 58.3 Å². The monoisotopic (exact) mass is 270 g/mol. The van der Waals surface area contributed by atoms with E-state index in [0.29, 0.717) is 18.2 Å². The van der Waals surface area contributed by atoms with Gasteiger partial charge >= 0.3 is 0 Å². The number of rotatable bonds is 5. The second-order valence-corrected chi connectivity index (χ2v) is 5.34. The molecule has 0 bridgehead atoms. The first-order valence-electron chi connectivity index (χ1n) is 6.93. The summed E-state index contributed by atoms with van der Waals surface area (Å²) in [6.45, 7) is 4.81. The molecule has 0 aliphatic carbocycles. The zero-order valence-electron chi connectivity index (χ0n) is 12.0. The van der Waals surface area contributed by atoms with E-state index in [4.69, 9.17) is 5.73 Å². The van der Waals surface area contributed by atoms with Crippen LogP contribution in [0.1, 0.15) is 37.0 Å². The van der Waals surface area contributed by atoms with Crippen LogP contribution in [0.2, 0.25) is 0 Å². The number of hydrogen-bond donors (Lipinski definition) is 3. The van der Waals surface area contributed by atoms with Gasteiger partial charge < -0.3 is 16.2 Å². The Hall–Kier alpha value is -2.00. The first-order chi connectivity index (χ1) is 9.56. The lowest BCUT2D eigenvalue weighted by Gasteiger charge is -2.14. The SMILES string of the molecule is CC(C)c1ccc(NCC(O)c2cccc(N)c2)cc1. The lowest BCUT2D eigenvalue weighted by atomic mass is 10.0. The molecule has 4 N–H and O–H groups in total. The van der Waals surface area contributed by atoms with Crippen molar-refractivity contribution in [3.05, 3.63) is 59.7 Å². The van der Waals surface area contributed by atoms with Crippen molar-refractivity contribution in [2.45, 2.75) is 25.9 Å². The highest BCUT2D eigenvalue weighted by molar-refractivity contribution is 5.46. The molecule has 3 nitrogen and oxygen atoms in total. The summed E-state index contributed by atoms with van der Waals surface area (Å²) in [5.74, 6) is 0.530. The van der Waals surface area contributed by atoms with E-state index in [1.165, 1.54) is 5.56 Å². The predicted molar refractivity (Wildman–Crippen MR) is 84.8 cm³/mol. The Balaban J connectivity index is 1.94. The third-order valence-electron chi connectivity index (χ3n) is 3.37. The summed E-state index contributed by atoms with van der Waals surface area (Å²) in [5.41, 5.74) is 9.54. The molecule has 0 saturated carbocycles. The Kier molecular flexibility index (Phi) is 4.64. The summed E-state index contributed by atoms with van der Waals surface area (Å²) < 4.78 is 0. The van der Waals surface area contributed by atoms with Crippen molar-refractivity contribution in [1.82, 2.24) is 0 Å². The molecule has 0 heterocycles. The number of benzene rings is 2. The largest absolute Gasteiger partial charge is 0.399 e. The van der Waals surface area contributed by atoms with Crippen LogP contribution in [0.15, 0.2) is 48.5 Å². The highest BCUT2D eigenvalue weighted by Gasteiger charge is 2.07. The van der Waals surface area contributed by atoms with Crippen molar-refractivity contribution in [2.24, 2.45) is 0 Å². The van der Waals surface area contributed by atoms with Crippen LogP contribution in [-0.2, 0) is 0 Å². The molecule has 0 fully saturated rings. The summed E-state index contributed by atoms with van der Waals surface area (Å²) in [6.07, 6.45) is -0.566. The smallest absolute Gasteiger partial charge is 0.0963 e. The Morgan fingerprint density at radius 2 is 1.75 bits per heavy atom. The third-order valence-corrected chi connectivity index (χ3v) is 3.37. The maximum absolute atomic E-state index is 10.1. The van der Waals surface area contributed by atoms with Crippen LogP contribution < -0.4 is 11.1 Å². The van der Waals surface area contributed by atoms with Crippen LogP contribution in [0.25, 0.3) is 0 Å². The molecule has 0 spiro atoms. The maximum Gasteiger partial charge on any atom is 0.0963 e. The molecule has 2 aromatic carbocycles. The number of nitrogen functional groups attached to an aromatic ring is 1. The molecule has 0 aliphatic rings. The van der Waals surface area contributed by atoms with E-state index < -0.39 is 6.10 Å². The molecule has 2 aromatic rings. The van der Waals surface area contributed by atoms with E-state index in [9.17, 15) is 5.11 Å². The summed E-state index contributed by atoms with van der Waals surface area (Å²) >= 11 is 0. The normalized spacial score (nSPS) is 12.4. The van der Waals surface area contributed by atoms with Crippen LogP contribution in [-0.4, -0.2) is 11.7 Å². The standard InChI is InChI=1S/C17H22N2O/c1-12(2)13-6-8-16(9-7-13)19-11-17(20)14-4-3-5-15(18)10-14/h3-10,12,17,19-20H,11,18H2,1-2H3. The molecule has 20 heavy (non-hydrogen) atoms. The van der Waals surface area contributed by atoms with Crippen molar-refractivity contribution in [3.8, 4) is 0 Å². The molecule has 0 radical (unpaired) electrons. The highest BCUT2D eigenvalue weighted by atomic mass is 16.3. The van der Waals surface area contributed by atoms with E-state index in [2.05, 4.69) is 31.3 Å². The molecule has 1 atom stereocenters. The highest BCUT2D eigenvalue weighted by Crippen LogP contribution is 2.19. The van der Waals surface area contributed by atoms with Gasteiger partial charge in [0.25, 0.3) is 0 Å². The first-order valence-corrected chi connectivity index (χ1v) is 6.93. The number of aliphatic hydroxyl groups is 1. The fraction of sp³-hybridized carbons (Fsp3) is 0.294. The minimum absolute atomic E-state index is 0.463. The van der Waals surface area contributed by atoms with Gasteiger partial charge in [-0.1, -0.05) is 38.1 Å². The fourth-order valence-electron chi connectivity index (χ4n) is 2.08. The van der Waals surface area contributed by atoms with Gasteiger partial charge in [0.15, 0.2) is 0 Å².